The number of allylic oxidation sites excluding steroid dienone is 2. The number of fused-ring (bicyclic) bond motifs is 5. The first-order chi connectivity index (χ1) is 23.8. The van der Waals surface area contributed by atoms with E-state index >= 15 is 0 Å². The average Bonchev–Trinajstić information content (AvgIpc) is 3.37. The summed E-state index contributed by atoms with van der Waals surface area (Å²) >= 11 is 1.90. The lowest BCUT2D eigenvalue weighted by Crippen LogP contribution is -2.50. The minimum Gasteiger partial charge on any atom is -0.291 e. The zero-order chi connectivity index (χ0) is 33.3. The first kappa shape index (κ1) is 30.9. The molecule has 1 saturated heterocycles. The van der Waals surface area contributed by atoms with Crippen LogP contribution in [0.5, 0.6) is 0 Å². The molecule has 2 N–H and O–H groups in total. The van der Waals surface area contributed by atoms with Crippen molar-refractivity contribution in [3.63, 3.8) is 0 Å². The Hall–Kier alpha value is -4.15. The van der Waals surface area contributed by atoms with E-state index < -0.39 is 0 Å². The molecule has 1 fully saturated rings. The Labute approximate surface area is 295 Å². The summed E-state index contributed by atoms with van der Waals surface area (Å²) in [5, 5.41) is 8.11. The van der Waals surface area contributed by atoms with E-state index in [4.69, 9.17) is 0 Å². The van der Waals surface area contributed by atoms with Crippen LogP contribution in [-0.2, 0) is 10.8 Å². The zero-order valence-corrected chi connectivity index (χ0v) is 29.6. The molecule has 5 aromatic rings. The number of hydrogen-bond donors (Lipinski definition) is 2. The van der Waals surface area contributed by atoms with Crippen LogP contribution in [0.2, 0.25) is 0 Å². The molecule has 3 heteroatoms. The van der Waals surface area contributed by atoms with Crippen LogP contribution in [0.25, 0.3) is 11.1 Å². The van der Waals surface area contributed by atoms with Crippen molar-refractivity contribution in [2.24, 2.45) is 5.92 Å². The van der Waals surface area contributed by atoms with Crippen molar-refractivity contribution in [1.29, 1.82) is 0 Å². The van der Waals surface area contributed by atoms with Crippen molar-refractivity contribution in [3.8, 4) is 11.1 Å². The molecule has 2 nitrogen and oxygen atoms in total. The second-order valence-electron chi connectivity index (χ2n) is 15.5. The fourth-order valence-electron chi connectivity index (χ4n) is 9.13. The van der Waals surface area contributed by atoms with E-state index in [1.165, 1.54) is 59.9 Å². The van der Waals surface area contributed by atoms with Gasteiger partial charge < -0.3 is 0 Å². The van der Waals surface area contributed by atoms with Gasteiger partial charge in [-0.25, -0.2) is 0 Å². The number of rotatable bonds is 4. The van der Waals surface area contributed by atoms with Gasteiger partial charge >= 0.3 is 0 Å². The van der Waals surface area contributed by atoms with Gasteiger partial charge in [-0.05, 0) is 92.1 Å². The largest absolute Gasteiger partial charge is 0.291 e. The lowest BCUT2D eigenvalue weighted by Gasteiger charge is -2.40. The molecule has 9 rings (SSSR count). The average molecular weight is 657 g/mol. The molecule has 5 aromatic carbocycles. The Morgan fingerprint density at radius 1 is 0.612 bits per heavy atom. The quantitative estimate of drug-likeness (QED) is 0.201. The fourth-order valence-corrected chi connectivity index (χ4v) is 10.5. The first-order valence-electron chi connectivity index (χ1n) is 17.9. The Morgan fingerprint density at radius 3 is 2.16 bits per heavy atom. The molecule has 0 amide bonds. The predicted octanol–water partition coefficient (Wildman–Crippen LogP) is 11.0. The van der Waals surface area contributed by atoms with E-state index in [0.29, 0.717) is 11.8 Å². The van der Waals surface area contributed by atoms with Crippen molar-refractivity contribution >= 4 is 11.8 Å². The van der Waals surface area contributed by atoms with Gasteiger partial charge in [0.25, 0.3) is 0 Å². The van der Waals surface area contributed by atoms with Crippen LogP contribution < -0.4 is 10.6 Å². The number of hydrogen-bond acceptors (Lipinski definition) is 3. The summed E-state index contributed by atoms with van der Waals surface area (Å²) in [6.07, 6.45) is 8.52. The molecule has 5 unspecified atom stereocenters. The van der Waals surface area contributed by atoms with Gasteiger partial charge in [0.15, 0.2) is 0 Å². The van der Waals surface area contributed by atoms with Gasteiger partial charge in [0.1, 0.15) is 0 Å². The molecule has 0 bridgehead atoms. The normalized spacial score (nSPS) is 25.8. The molecule has 0 spiro atoms. The van der Waals surface area contributed by atoms with Gasteiger partial charge in [0.2, 0.25) is 0 Å². The minimum atomic E-state index is -0.0527. The Bertz CT molecular complexity index is 2120. The van der Waals surface area contributed by atoms with E-state index in [1.807, 2.05) is 11.8 Å². The highest BCUT2D eigenvalue weighted by atomic mass is 32.2. The van der Waals surface area contributed by atoms with Gasteiger partial charge in [-0.2, -0.15) is 0 Å². The third-order valence-corrected chi connectivity index (χ3v) is 13.1. The van der Waals surface area contributed by atoms with Crippen molar-refractivity contribution in [2.75, 3.05) is 0 Å². The van der Waals surface area contributed by atoms with Gasteiger partial charge in [-0.15, -0.1) is 0 Å². The molecule has 0 radical (unpaired) electrons. The van der Waals surface area contributed by atoms with E-state index in [2.05, 4.69) is 178 Å². The molecular weight excluding hydrogens is 613 g/mol. The van der Waals surface area contributed by atoms with Crippen LogP contribution in [-0.4, -0.2) is 6.04 Å². The standard InChI is InChI=1S/C46H44N2S/c1-45(2)36-18-9-8-17-34(36)35-23-21-32(27-38(35)45)41-28-40(29-13-6-5-7-14-29)47-44(48-41)33-16-12-15-30(25-33)31-22-24-43-39(26-31)46(3,4)37-19-10-11-20-42(37)49-43/h5-27,35,38,40-41,44,47-48H,28H2,1-4H3. The third kappa shape index (κ3) is 5.17. The summed E-state index contributed by atoms with van der Waals surface area (Å²) in [4.78, 5) is 2.73. The van der Waals surface area contributed by atoms with Crippen molar-refractivity contribution < 1.29 is 0 Å². The summed E-state index contributed by atoms with van der Waals surface area (Å²) in [7, 11) is 0. The summed E-state index contributed by atoms with van der Waals surface area (Å²) in [6.45, 7) is 9.60. The van der Waals surface area contributed by atoms with Crippen LogP contribution in [0.1, 0.15) is 85.6 Å². The van der Waals surface area contributed by atoms with E-state index in [1.54, 1.807) is 0 Å². The van der Waals surface area contributed by atoms with Gasteiger partial charge in [0, 0.05) is 33.2 Å². The lowest BCUT2D eigenvalue weighted by atomic mass is 9.72. The first-order valence-corrected chi connectivity index (χ1v) is 18.7. The Morgan fingerprint density at radius 2 is 1.31 bits per heavy atom. The molecule has 5 atom stereocenters. The molecule has 0 aromatic heterocycles. The molecule has 4 aliphatic rings. The highest BCUT2D eigenvalue weighted by Gasteiger charge is 2.45. The van der Waals surface area contributed by atoms with E-state index in [9.17, 15) is 0 Å². The topological polar surface area (TPSA) is 24.1 Å². The SMILES string of the molecule is CC1(C)c2ccccc2Sc2ccc(-c3cccc(C4NC(C5=CC6C(C=C5)c5ccccc5C6(C)C)CC(c5ccccc5)N4)c3)cc21. The van der Waals surface area contributed by atoms with Crippen LogP contribution in [0.4, 0.5) is 0 Å². The Balaban J connectivity index is 1.05. The highest BCUT2D eigenvalue weighted by Crippen LogP contribution is 2.54. The molecular formula is C46H44N2S. The third-order valence-electron chi connectivity index (χ3n) is 11.9. The maximum Gasteiger partial charge on any atom is 0.0845 e. The Kier molecular flexibility index (Phi) is 7.39. The smallest absolute Gasteiger partial charge is 0.0845 e. The van der Waals surface area contributed by atoms with Crippen LogP contribution in [0, 0.1) is 5.92 Å². The summed E-state index contributed by atoms with van der Waals surface area (Å²) in [5.41, 5.74) is 12.4. The van der Waals surface area contributed by atoms with E-state index in [-0.39, 0.29) is 29.1 Å². The number of nitrogens with one attached hydrogen (secondary N) is 2. The number of benzene rings is 5. The molecule has 2 aliphatic heterocycles. The summed E-state index contributed by atoms with van der Waals surface area (Å²) < 4.78 is 0. The lowest BCUT2D eigenvalue weighted by molar-refractivity contribution is 0.265. The summed E-state index contributed by atoms with van der Waals surface area (Å²) in [5.74, 6) is 0.902. The highest BCUT2D eigenvalue weighted by molar-refractivity contribution is 7.99. The maximum absolute atomic E-state index is 4.09. The van der Waals surface area contributed by atoms with Gasteiger partial charge in [-0.1, -0.05) is 155 Å². The zero-order valence-electron chi connectivity index (χ0n) is 28.8. The van der Waals surface area contributed by atoms with Crippen LogP contribution in [0.3, 0.4) is 0 Å². The van der Waals surface area contributed by atoms with Crippen molar-refractivity contribution in [1.82, 2.24) is 10.6 Å². The van der Waals surface area contributed by atoms with Crippen LogP contribution >= 0.6 is 11.8 Å². The monoisotopic (exact) mass is 656 g/mol. The molecule has 49 heavy (non-hydrogen) atoms. The second kappa shape index (κ2) is 11.7. The fraction of sp³-hybridized carbons (Fsp3) is 0.261. The van der Waals surface area contributed by atoms with Gasteiger partial charge in [-0.3, -0.25) is 10.6 Å². The van der Waals surface area contributed by atoms with Crippen molar-refractivity contribution in [3.05, 3.63) is 179 Å². The van der Waals surface area contributed by atoms with E-state index in [0.717, 1.165) is 6.42 Å². The molecule has 244 valence electrons. The molecule has 0 saturated carbocycles. The maximum atomic E-state index is 4.09. The van der Waals surface area contributed by atoms with Gasteiger partial charge in [0.05, 0.1) is 6.17 Å². The second-order valence-corrected chi connectivity index (χ2v) is 16.5. The molecule has 2 aliphatic carbocycles. The van der Waals surface area contributed by atoms with Crippen molar-refractivity contribution in [2.45, 2.75) is 78.9 Å². The van der Waals surface area contributed by atoms with Crippen LogP contribution in [0.15, 0.2) is 155 Å². The molecule has 2 heterocycles. The summed E-state index contributed by atoms with van der Waals surface area (Å²) in [6, 6.07) is 45.7. The minimum absolute atomic E-state index is 0.0150. The predicted molar refractivity (Wildman–Crippen MR) is 204 cm³/mol.